The monoisotopic (exact) mass is 336 g/mol. The van der Waals surface area contributed by atoms with Gasteiger partial charge in [-0.15, -0.1) is 0 Å². The van der Waals surface area contributed by atoms with Crippen molar-refractivity contribution >= 4 is 16.6 Å². The van der Waals surface area contributed by atoms with E-state index in [4.69, 9.17) is 13.6 Å². The summed E-state index contributed by atoms with van der Waals surface area (Å²) in [6.07, 6.45) is 3.53. The molecule has 0 aliphatic carbocycles. The smallest absolute Gasteiger partial charge is 0.184 e. The van der Waals surface area contributed by atoms with E-state index >= 15 is 0 Å². The van der Waals surface area contributed by atoms with Crippen LogP contribution in [0.5, 0.6) is 0 Å². The summed E-state index contributed by atoms with van der Waals surface area (Å²) in [5.74, 6) is 0. The summed E-state index contributed by atoms with van der Waals surface area (Å²) in [6, 6.07) is 10.3. The molecular weight excluding hydrogens is 308 g/mol. The summed E-state index contributed by atoms with van der Waals surface area (Å²) in [7, 11) is -3.38. The average molecular weight is 337 g/mol. The third kappa shape index (κ3) is 5.09. The van der Waals surface area contributed by atoms with Crippen LogP contribution in [0.15, 0.2) is 42.7 Å². The van der Waals surface area contributed by atoms with Crippen LogP contribution < -0.4 is 0 Å². The predicted octanol–water partition coefficient (Wildman–Crippen LogP) is 4.71. The maximum Gasteiger partial charge on any atom is 0.184 e. The van der Waals surface area contributed by atoms with E-state index in [0.29, 0.717) is 0 Å². The standard InChI is InChI=1S/C17H28O3Si2/c1-21(2,3)19-15-12-13-18-16(14-10-8-7-9-11-14)17(15)20-22(4,5)6/h7-13,15-17H,1-6H3/t15-,16-,17-/m0/s1. The van der Waals surface area contributed by atoms with Gasteiger partial charge in [-0.25, -0.2) is 0 Å². The molecule has 3 nitrogen and oxygen atoms in total. The highest BCUT2D eigenvalue weighted by Gasteiger charge is 2.39. The number of benzene rings is 1. The van der Waals surface area contributed by atoms with E-state index in [-0.39, 0.29) is 18.3 Å². The number of hydrogen-bond acceptors (Lipinski definition) is 3. The molecule has 1 aliphatic rings. The van der Waals surface area contributed by atoms with Crippen molar-refractivity contribution in [3.8, 4) is 0 Å². The zero-order chi connectivity index (χ0) is 16.4. The van der Waals surface area contributed by atoms with E-state index in [1.54, 1.807) is 6.26 Å². The highest BCUT2D eigenvalue weighted by molar-refractivity contribution is 6.70. The predicted molar refractivity (Wildman–Crippen MR) is 95.8 cm³/mol. The van der Waals surface area contributed by atoms with E-state index in [1.165, 1.54) is 0 Å². The van der Waals surface area contributed by atoms with E-state index in [2.05, 4.69) is 51.4 Å². The highest BCUT2D eigenvalue weighted by Crippen LogP contribution is 2.34. The maximum atomic E-state index is 6.46. The normalized spacial score (nSPS) is 25.8. The van der Waals surface area contributed by atoms with E-state index < -0.39 is 16.6 Å². The van der Waals surface area contributed by atoms with Crippen LogP contribution in [-0.2, 0) is 13.6 Å². The Morgan fingerprint density at radius 1 is 0.864 bits per heavy atom. The Labute approximate surface area is 136 Å². The molecular formula is C17H28O3Si2. The Morgan fingerprint density at radius 2 is 1.45 bits per heavy atom. The van der Waals surface area contributed by atoms with Gasteiger partial charge in [-0.1, -0.05) is 30.3 Å². The van der Waals surface area contributed by atoms with Gasteiger partial charge in [0, 0.05) is 0 Å². The Balaban J connectivity index is 2.30. The van der Waals surface area contributed by atoms with Crippen molar-refractivity contribution in [1.29, 1.82) is 0 Å². The molecule has 1 heterocycles. The SMILES string of the molecule is C[Si](C)(C)O[C@H]1[C@@H](O[Si](C)(C)C)C=CO[C@H]1c1ccccc1. The fraction of sp³-hybridized carbons (Fsp3) is 0.529. The fourth-order valence-corrected chi connectivity index (χ4v) is 4.63. The summed E-state index contributed by atoms with van der Waals surface area (Å²) in [4.78, 5) is 0. The molecule has 0 fully saturated rings. The first-order chi connectivity index (χ1) is 10.2. The molecule has 122 valence electrons. The zero-order valence-electron chi connectivity index (χ0n) is 14.5. The van der Waals surface area contributed by atoms with E-state index in [9.17, 15) is 0 Å². The first-order valence-electron chi connectivity index (χ1n) is 7.88. The van der Waals surface area contributed by atoms with Gasteiger partial charge in [-0.05, 0) is 50.9 Å². The van der Waals surface area contributed by atoms with Gasteiger partial charge in [0.05, 0.1) is 12.4 Å². The van der Waals surface area contributed by atoms with Crippen LogP contribution in [0.3, 0.4) is 0 Å². The molecule has 1 aromatic rings. The number of rotatable bonds is 5. The minimum Gasteiger partial charge on any atom is -0.491 e. The van der Waals surface area contributed by atoms with Crippen molar-refractivity contribution in [3.05, 3.63) is 48.2 Å². The van der Waals surface area contributed by atoms with Gasteiger partial charge in [0.15, 0.2) is 22.7 Å². The third-order valence-corrected chi connectivity index (χ3v) is 5.18. The molecule has 1 aliphatic heterocycles. The number of hydrogen-bond donors (Lipinski definition) is 0. The summed E-state index contributed by atoms with van der Waals surface area (Å²) in [6.45, 7) is 13.2. The third-order valence-electron chi connectivity index (χ3n) is 3.22. The second-order valence-corrected chi connectivity index (χ2v) is 16.6. The van der Waals surface area contributed by atoms with Gasteiger partial charge in [0.2, 0.25) is 0 Å². The summed E-state index contributed by atoms with van der Waals surface area (Å²) in [5, 5.41) is 0. The van der Waals surface area contributed by atoms with Gasteiger partial charge < -0.3 is 13.6 Å². The van der Waals surface area contributed by atoms with Gasteiger partial charge >= 0.3 is 0 Å². The van der Waals surface area contributed by atoms with Crippen molar-refractivity contribution in [3.63, 3.8) is 0 Å². The van der Waals surface area contributed by atoms with Crippen LogP contribution in [0.4, 0.5) is 0 Å². The van der Waals surface area contributed by atoms with Gasteiger partial charge in [0.25, 0.3) is 0 Å². The minimum absolute atomic E-state index is 0.0441. The summed E-state index contributed by atoms with van der Waals surface area (Å²) >= 11 is 0. The first kappa shape index (κ1) is 17.5. The molecule has 0 bridgehead atoms. The number of ether oxygens (including phenoxy) is 1. The summed E-state index contributed by atoms with van der Waals surface area (Å²) < 4.78 is 18.7. The van der Waals surface area contributed by atoms with Crippen LogP contribution in [0.1, 0.15) is 11.7 Å². The molecule has 3 atom stereocenters. The highest BCUT2D eigenvalue weighted by atomic mass is 28.4. The first-order valence-corrected chi connectivity index (χ1v) is 14.7. The Kier molecular flexibility index (Phi) is 5.32. The second-order valence-electron chi connectivity index (χ2n) is 7.69. The molecule has 0 unspecified atom stereocenters. The second kappa shape index (κ2) is 6.70. The Bertz CT molecular complexity index is 503. The van der Waals surface area contributed by atoms with Crippen molar-refractivity contribution in [2.75, 3.05) is 0 Å². The molecule has 22 heavy (non-hydrogen) atoms. The minimum atomic E-state index is -1.71. The van der Waals surface area contributed by atoms with Crippen molar-refractivity contribution in [2.45, 2.75) is 57.6 Å². The maximum absolute atomic E-state index is 6.46. The molecule has 1 aromatic carbocycles. The van der Waals surface area contributed by atoms with Gasteiger partial charge in [0.1, 0.15) is 6.10 Å². The van der Waals surface area contributed by atoms with E-state index in [0.717, 1.165) is 5.56 Å². The molecule has 0 amide bonds. The lowest BCUT2D eigenvalue weighted by Gasteiger charge is -2.40. The topological polar surface area (TPSA) is 27.7 Å². The van der Waals surface area contributed by atoms with Crippen LogP contribution >= 0.6 is 0 Å². The van der Waals surface area contributed by atoms with Gasteiger partial charge in [-0.2, -0.15) is 0 Å². The van der Waals surface area contributed by atoms with Gasteiger partial charge in [-0.3, -0.25) is 0 Å². The molecule has 2 rings (SSSR count). The van der Waals surface area contributed by atoms with Crippen LogP contribution in [0.25, 0.3) is 0 Å². The molecule has 5 heteroatoms. The average Bonchev–Trinajstić information content (AvgIpc) is 2.38. The lowest BCUT2D eigenvalue weighted by Crippen LogP contribution is -2.48. The zero-order valence-corrected chi connectivity index (χ0v) is 16.5. The Morgan fingerprint density at radius 3 is 2.00 bits per heavy atom. The fourth-order valence-electron chi connectivity index (χ4n) is 2.53. The molecule has 0 spiro atoms. The van der Waals surface area contributed by atoms with Crippen LogP contribution in [0.2, 0.25) is 39.3 Å². The van der Waals surface area contributed by atoms with Crippen LogP contribution in [-0.4, -0.2) is 28.8 Å². The lowest BCUT2D eigenvalue weighted by atomic mass is 9.99. The summed E-state index contributed by atoms with van der Waals surface area (Å²) in [5.41, 5.74) is 1.14. The molecule has 0 N–H and O–H groups in total. The molecule has 0 saturated carbocycles. The van der Waals surface area contributed by atoms with Crippen molar-refractivity contribution in [1.82, 2.24) is 0 Å². The van der Waals surface area contributed by atoms with Crippen LogP contribution in [0, 0.1) is 0 Å². The lowest BCUT2D eigenvalue weighted by molar-refractivity contribution is -0.0483. The Hall–Kier alpha value is -0.886. The quantitative estimate of drug-likeness (QED) is 0.729. The molecule has 0 aromatic heterocycles. The van der Waals surface area contributed by atoms with E-state index in [1.807, 2.05) is 24.3 Å². The molecule has 0 radical (unpaired) electrons. The molecule has 0 saturated heterocycles. The largest absolute Gasteiger partial charge is 0.491 e. The van der Waals surface area contributed by atoms with Crippen molar-refractivity contribution < 1.29 is 13.6 Å². The van der Waals surface area contributed by atoms with Crippen molar-refractivity contribution in [2.24, 2.45) is 0 Å².